The minimum Gasteiger partial charge on any atom is -0.415 e. The Bertz CT molecular complexity index is 1340. The molecule has 6 heteroatoms. The highest BCUT2D eigenvalue weighted by atomic mass is 19.2. The fourth-order valence-corrected chi connectivity index (χ4v) is 4.54. The molecule has 0 amide bonds. The Hall–Kier alpha value is -2.76. The van der Waals surface area contributed by atoms with Gasteiger partial charge in [-0.1, -0.05) is 52.6 Å². The molecule has 0 spiro atoms. The van der Waals surface area contributed by atoms with Crippen LogP contribution in [-0.4, -0.2) is 16.4 Å². The monoisotopic (exact) mass is 405 g/mol. The Morgan fingerprint density at radius 1 is 0.900 bits per heavy atom. The third-order valence-corrected chi connectivity index (χ3v) is 6.29. The van der Waals surface area contributed by atoms with Crippen molar-refractivity contribution in [2.45, 2.75) is 52.4 Å². The maximum absolute atomic E-state index is 15.8. The number of hydrogen-bond acceptors (Lipinski definition) is 1. The van der Waals surface area contributed by atoms with E-state index >= 15 is 8.63 Å². The van der Waals surface area contributed by atoms with Crippen LogP contribution in [0.1, 0.15) is 52.7 Å². The van der Waals surface area contributed by atoms with Crippen LogP contribution in [0.5, 0.6) is 0 Å². The first-order valence-electron chi connectivity index (χ1n) is 10.4. The molecular formula is C24H26BF2N3. The van der Waals surface area contributed by atoms with Crippen LogP contribution in [0.25, 0.3) is 33.2 Å². The minimum atomic E-state index is -4.05. The molecule has 154 valence electrons. The van der Waals surface area contributed by atoms with E-state index in [9.17, 15) is 0 Å². The van der Waals surface area contributed by atoms with Crippen LogP contribution in [-0.2, 0) is 10.8 Å². The molecule has 0 saturated carbocycles. The van der Waals surface area contributed by atoms with E-state index in [0.717, 1.165) is 31.9 Å². The molecular weight excluding hydrogens is 379 g/mol. The largest absolute Gasteiger partial charge is 0.639 e. The van der Waals surface area contributed by atoms with Gasteiger partial charge in [0.05, 0.1) is 11.8 Å². The quantitative estimate of drug-likeness (QED) is 0.338. The van der Waals surface area contributed by atoms with Crippen LogP contribution in [0.4, 0.5) is 8.63 Å². The van der Waals surface area contributed by atoms with Crippen LogP contribution >= 0.6 is 0 Å². The number of fused-ring (bicyclic) bond motifs is 5. The predicted molar refractivity (Wildman–Crippen MR) is 119 cm³/mol. The lowest BCUT2D eigenvalue weighted by Crippen LogP contribution is -2.66. The van der Waals surface area contributed by atoms with Gasteiger partial charge < -0.3 is 17.6 Å². The number of benzene rings is 2. The molecule has 3 nitrogen and oxygen atoms in total. The highest BCUT2D eigenvalue weighted by molar-refractivity contribution is 6.59. The summed E-state index contributed by atoms with van der Waals surface area (Å²) < 4.78 is 34.0. The summed E-state index contributed by atoms with van der Waals surface area (Å²) in [6, 6.07) is 11.6. The molecule has 0 N–H and O–H groups in total. The topological polar surface area (TPSA) is 21.7 Å². The van der Waals surface area contributed by atoms with E-state index in [1.54, 1.807) is 12.3 Å². The molecule has 0 radical (unpaired) electrons. The molecule has 0 bridgehead atoms. The number of nitrogens with zero attached hydrogens (tertiary/aromatic N) is 3. The van der Waals surface area contributed by atoms with E-state index in [1.807, 2.05) is 18.2 Å². The lowest BCUT2D eigenvalue weighted by molar-refractivity contribution is -0.560. The molecule has 1 aliphatic rings. The smallest absolute Gasteiger partial charge is 0.415 e. The Labute approximate surface area is 175 Å². The third-order valence-electron chi connectivity index (χ3n) is 6.29. The number of aromatic nitrogens is 3. The van der Waals surface area contributed by atoms with Crippen molar-refractivity contribution >= 4 is 28.8 Å². The van der Waals surface area contributed by atoms with Crippen molar-refractivity contribution in [2.24, 2.45) is 0 Å². The zero-order valence-corrected chi connectivity index (χ0v) is 18.3. The summed E-state index contributed by atoms with van der Waals surface area (Å²) in [6.07, 6.45) is 3.03. The van der Waals surface area contributed by atoms with Crippen molar-refractivity contribution in [3.63, 3.8) is 0 Å². The second-order valence-electron chi connectivity index (χ2n) is 10.5. The second kappa shape index (κ2) is 5.68. The molecule has 2 aromatic carbocycles. The fourth-order valence-electron chi connectivity index (χ4n) is 4.54. The van der Waals surface area contributed by atoms with Gasteiger partial charge in [0.1, 0.15) is 6.20 Å². The lowest BCUT2D eigenvalue weighted by Gasteiger charge is -2.32. The van der Waals surface area contributed by atoms with Gasteiger partial charge in [0.15, 0.2) is 0 Å². The van der Waals surface area contributed by atoms with Crippen molar-refractivity contribution in [3.05, 3.63) is 59.9 Å². The maximum Gasteiger partial charge on any atom is 0.639 e. The summed E-state index contributed by atoms with van der Waals surface area (Å²) in [5, 5.41) is 1.75. The van der Waals surface area contributed by atoms with Crippen molar-refractivity contribution in [2.75, 3.05) is 0 Å². The molecule has 0 atom stereocenters. The zero-order chi connectivity index (χ0) is 21.6. The third kappa shape index (κ3) is 2.49. The van der Waals surface area contributed by atoms with Gasteiger partial charge >= 0.3 is 6.97 Å². The maximum atomic E-state index is 15.8. The van der Waals surface area contributed by atoms with E-state index in [-0.39, 0.29) is 10.8 Å². The molecule has 30 heavy (non-hydrogen) atoms. The van der Waals surface area contributed by atoms with Crippen molar-refractivity contribution in [1.82, 2.24) is 9.46 Å². The molecule has 5 rings (SSSR count). The summed E-state index contributed by atoms with van der Waals surface area (Å²) in [4.78, 5) is 4.37. The summed E-state index contributed by atoms with van der Waals surface area (Å²) in [5.41, 5.74) is 3.96. The average Bonchev–Trinajstić information content (AvgIpc) is 3.00. The van der Waals surface area contributed by atoms with E-state index in [4.69, 9.17) is 0 Å². The van der Waals surface area contributed by atoms with Crippen LogP contribution in [0, 0.1) is 0 Å². The molecule has 3 heterocycles. The van der Waals surface area contributed by atoms with Crippen LogP contribution < -0.4 is 4.48 Å². The van der Waals surface area contributed by atoms with Crippen molar-refractivity contribution in [3.8, 4) is 11.4 Å². The second-order valence-corrected chi connectivity index (χ2v) is 10.5. The van der Waals surface area contributed by atoms with Gasteiger partial charge in [-0.15, -0.1) is 0 Å². The average molecular weight is 405 g/mol. The van der Waals surface area contributed by atoms with E-state index in [1.165, 1.54) is 10.7 Å². The van der Waals surface area contributed by atoms with Crippen LogP contribution in [0.3, 0.4) is 0 Å². The molecule has 1 aliphatic heterocycles. The molecule has 0 unspecified atom stereocenters. The Morgan fingerprint density at radius 3 is 2.23 bits per heavy atom. The first kappa shape index (κ1) is 19.2. The first-order valence-corrected chi connectivity index (χ1v) is 10.4. The summed E-state index contributed by atoms with van der Waals surface area (Å²) >= 11 is 0. The van der Waals surface area contributed by atoms with E-state index in [0.29, 0.717) is 16.9 Å². The van der Waals surface area contributed by atoms with Crippen molar-refractivity contribution in [1.29, 1.82) is 0 Å². The highest BCUT2D eigenvalue weighted by Crippen LogP contribution is 2.43. The van der Waals surface area contributed by atoms with E-state index in [2.05, 4.69) is 58.7 Å². The molecule has 2 aromatic heterocycles. The minimum absolute atomic E-state index is 0.0693. The van der Waals surface area contributed by atoms with Gasteiger partial charge in [-0.3, -0.25) is 0 Å². The number of halogens is 2. The fraction of sp³-hybridized carbons (Fsp3) is 0.333. The lowest BCUT2D eigenvalue weighted by atomic mass is 9.83. The van der Waals surface area contributed by atoms with Crippen LogP contribution in [0.2, 0.25) is 0 Å². The summed E-state index contributed by atoms with van der Waals surface area (Å²) in [5.74, 6) is 0.324. The summed E-state index contributed by atoms with van der Waals surface area (Å²) in [7, 11) is 0. The van der Waals surface area contributed by atoms with Gasteiger partial charge in [0.2, 0.25) is 0 Å². The van der Waals surface area contributed by atoms with Crippen molar-refractivity contribution < 1.29 is 13.1 Å². The van der Waals surface area contributed by atoms with Gasteiger partial charge in [0.25, 0.3) is 5.82 Å². The van der Waals surface area contributed by atoms with E-state index < -0.39 is 6.97 Å². The van der Waals surface area contributed by atoms with Gasteiger partial charge in [-0.2, -0.15) is 0 Å². The van der Waals surface area contributed by atoms with Crippen LogP contribution in [0.15, 0.2) is 48.8 Å². The standard InChI is InChI=1S/C24H26BF2N3/c1-23(2,3)15-8-9-20-17(12-15)18-13-16(24(4,5)6)14-19-21(18)30(20)25(26,27)29-11-7-10-28-22(19)29/h7-14H,1-6H3. The zero-order valence-electron chi connectivity index (χ0n) is 18.3. The Kier molecular flexibility index (Phi) is 3.64. The molecule has 0 fully saturated rings. The predicted octanol–water partition coefficient (Wildman–Crippen LogP) is 5.82. The Morgan fingerprint density at radius 2 is 1.57 bits per heavy atom. The number of rotatable bonds is 0. The normalized spacial score (nSPS) is 15.6. The van der Waals surface area contributed by atoms with Gasteiger partial charge in [-0.25, -0.2) is 0 Å². The SMILES string of the molecule is CC(C)(C)c1ccc2c(c1)c1cc(C(C)(C)C)cc3c1n2[B-](F)(F)[n+]1cccnc1-3. The summed E-state index contributed by atoms with van der Waals surface area (Å²) in [6.45, 7) is 8.83. The highest BCUT2D eigenvalue weighted by Gasteiger charge is 2.46. The molecule has 0 aliphatic carbocycles. The first-order chi connectivity index (χ1) is 13.9. The molecule has 4 aromatic rings. The molecule has 0 saturated heterocycles. The van der Waals surface area contributed by atoms with Gasteiger partial charge in [0, 0.05) is 27.9 Å². The number of hydrogen-bond donors (Lipinski definition) is 0. The Balaban J connectivity index is 2.03. The van der Waals surface area contributed by atoms with Gasteiger partial charge in [-0.05, 0) is 46.2 Å².